The molecule has 0 amide bonds. The number of hydrogen-bond donors (Lipinski definition) is 1. The molecule has 3 nitrogen and oxygen atoms in total. The van der Waals surface area contributed by atoms with E-state index in [4.69, 9.17) is 5.73 Å². The second-order valence-corrected chi connectivity index (χ2v) is 7.54. The van der Waals surface area contributed by atoms with Crippen molar-refractivity contribution >= 4 is 9.84 Å². The Kier molecular flexibility index (Phi) is 3.99. The van der Waals surface area contributed by atoms with Gasteiger partial charge in [-0.25, -0.2) is 8.42 Å². The van der Waals surface area contributed by atoms with Crippen LogP contribution in [-0.4, -0.2) is 20.7 Å². The Morgan fingerprint density at radius 2 is 1.76 bits per heavy atom. The fourth-order valence-corrected chi connectivity index (χ4v) is 2.53. The number of hydrogen-bond acceptors (Lipinski definition) is 3. The lowest BCUT2D eigenvalue weighted by molar-refractivity contribution is 0.317. The third kappa shape index (κ3) is 3.82. The van der Waals surface area contributed by atoms with Gasteiger partial charge >= 0.3 is 0 Å². The predicted molar refractivity (Wildman–Crippen MR) is 70.7 cm³/mol. The smallest absolute Gasteiger partial charge is 0.175 e. The fourth-order valence-electron chi connectivity index (χ4n) is 1.58. The maximum Gasteiger partial charge on any atom is 0.175 e. The highest BCUT2D eigenvalue weighted by molar-refractivity contribution is 7.90. The first-order valence-corrected chi connectivity index (χ1v) is 7.55. The third-order valence-electron chi connectivity index (χ3n) is 2.92. The van der Waals surface area contributed by atoms with Crippen LogP contribution in [0.25, 0.3) is 0 Å². The minimum Gasteiger partial charge on any atom is -0.327 e. The summed E-state index contributed by atoms with van der Waals surface area (Å²) in [6.45, 7) is 6.17. The molecule has 4 heteroatoms. The molecule has 1 rings (SSSR count). The van der Waals surface area contributed by atoms with E-state index in [-0.39, 0.29) is 11.5 Å². The predicted octanol–water partition coefficient (Wildman–Crippen LogP) is 2.01. The second-order valence-electron chi connectivity index (χ2n) is 5.56. The summed E-state index contributed by atoms with van der Waals surface area (Å²) < 4.78 is 23.3. The van der Waals surface area contributed by atoms with Gasteiger partial charge in [0.15, 0.2) is 9.84 Å². The van der Waals surface area contributed by atoms with E-state index in [0.717, 1.165) is 5.56 Å². The standard InChI is InChI=1S/C13H21NO2S/c1-13(2,3)12(14)9-10-7-5-6-8-11(10)17(4,15)16/h5-8,12H,9,14H2,1-4H3. The molecule has 0 aromatic heterocycles. The molecule has 1 unspecified atom stereocenters. The molecular formula is C13H21NO2S. The Labute approximate surface area is 104 Å². The molecule has 1 aromatic rings. The lowest BCUT2D eigenvalue weighted by Crippen LogP contribution is -2.37. The molecule has 0 fully saturated rings. The Balaban J connectivity index is 3.09. The zero-order valence-corrected chi connectivity index (χ0v) is 11.7. The topological polar surface area (TPSA) is 60.2 Å². The molecule has 1 atom stereocenters. The third-order valence-corrected chi connectivity index (χ3v) is 4.12. The van der Waals surface area contributed by atoms with Gasteiger partial charge in [0.25, 0.3) is 0 Å². The molecule has 17 heavy (non-hydrogen) atoms. The zero-order chi connectivity index (χ0) is 13.3. The molecule has 0 aliphatic rings. The average Bonchev–Trinajstić information content (AvgIpc) is 2.15. The van der Waals surface area contributed by atoms with Crippen LogP contribution < -0.4 is 5.73 Å². The normalized spacial score (nSPS) is 14.6. The van der Waals surface area contributed by atoms with E-state index in [9.17, 15) is 8.42 Å². The molecule has 96 valence electrons. The number of rotatable bonds is 3. The summed E-state index contributed by atoms with van der Waals surface area (Å²) in [5.41, 5.74) is 6.87. The van der Waals surface area contributed by atoms with Crippen LogP contribution in [0.3, 0.4) is 0 Å². The lowest BCUT2D eigenvalue weighted by Gasteiger charge is -2.27. The minimum atomic E-state index is -3.18. The maximum atomic E-state index is 11.6. The van der Waals surface area contributed by atoms with Crippen LogP contribution in [0.2, 0.25) is 0 Å². The van der Waals surface area contributed by atoms with Crippen LogP contribution in [0.15, 0.2) is 29.2 Å². The Bertz CT molecular complexity index is 486. The Morgan fingerprint density at radius 1 is 1.24 bits per heavy atom. The SMILES string of the molecule is CC(C)(C)C(N)Cc1ccccc1S(C)(=O)=O. The van der Waals surface area contributed by atoms with E-state index >= 15 is 0 Å². The molecule has 0 aliphatic heterocycles. The quantitative estimate of drug-likeness (QED) is 0.898. The van der Waals surface area contributed by atoms with Gasteiger partial charge in [-0.05, 0) is 23.5 Å². The number of nitrogens with two attached hydrogens (primary N) is 1. The summed E-state index contributed by atoms with van der Waals surface area (Å²) in [5, 5.41) is 0. The monoisotopic (exact) mass is 255 g/mol. The highest BCUT2D eigenvalue weighted by Crippen LogP contribution is 2.24. The van der Waals surface area contributed by atoms with Gasteiger partial charge in [-0.2, -0.15) is 0 Å². The van der Waals surface area contributed by atoms with Gasteiger partial charge in [-0.3, -0.25) is 0 Å². The summed E-state index contributed by atoms with van der Waals surface area (Å²) in [5.74, 6) is 0. The van der Waals surface area contributed by atoms with Crippen LogP contribution in [0.1, 0.15) is 26.3 Å². The molecular weight excluding hydrogens is 234 g/mol. The molecule has 0 saturated carbocycles. The molecule has 1 aromatic carbocycles. The average molecular weight is 255 g/mol. The minimum absolute atomic E-state index is 0.0371. The first-order chi connectivity index (χ1) is 7.62. The van der Waals surface area contributed by atoms with Crippen molar-refractivity contribution in [1.29, 1.82) is 0 Å². The molecule has 0 spiro atoms. The van der Waals surface area contributed by atoms with E-state index in [2.05, 4.69) is 20.8 Å². The van der Waals surface area contributed by atoms with Crippen molar-refractivity contribution in [3.8, 4) is 0 Å². The summed E-state index contributed by atoms with van der Waals surface area (Å²) in [6, 6.07) is 6.99. The summed E-state index contributed by atoms with van der Waals surface area (Å²) in [4.78, 5) is 0.389. The highest BCUT2D eigenvalue weighted by atomic mass is 32.2. The van der Waals surface area contributed by atoms with E-state index in [1.54, 1.807) is 12.1 Å². The van der Waals surface area contributed by atoms with Gasteiger partial charge in [0.1, 0.15) is 0 Å². The van der Waals surface area contributed by atoms with E-state index in [1.807, 2.05) is 12.1 Å². The van der Waals surface area contributed by atoms with Gasteiger partial charge < -0.3 is 5.73 Å². The summed E-state index contributed by atoms with van der Waals surface area (Å²) in [7, 11) is -3.18. The second kappa shape index (κ2) is 4.78. The molecule has 0 bridgehead atoms. The van der Waals surface area contributed by atoms with E-state index in [0.29, 0.717) is 11.3 Å². The van der Waals surface area contributed by atoms with Crippen molar-refractivity contribution in [2.24, 2.45) is 11.1 Å². The largest absolute Gasteiger partial charge is 0.327 e. The Hall–Kier alpha value is -0.870. The van der Waals surface area contributed by atoms with Crippen molar-refractivity contribution in [3.05, 3.63) is 29.8 Å². The Morgan fingerprint density at radius 3 is 2.24 bits per heavy atom. The molecule has 0 radical (unpaired) electrons. The fraction of sp³-hybridized carbons (Fsp3) is 0.538. The summed E-state index contributed by atoms with van der Waals surface area (Å²) >= 11 is 0. The van der Waals surface area contributed by atoms with Crippen LogP contribution in [0.4, 0.5) is 0 Å². The van der Waals surface area contributed by atoms with E-state index in [1.165, 1.54) is 6.26 Å². The van der Waals surface area contributed by atoms with Gasteiger partial charge in [0.05, 0.1) is 4.90 Å². The number of sulfone groups is 1. The van der Waals surface area contributed by atoms with Gasteiger partial charge in [0, 0.05) is 12.3 Å². The number of benzene rings is 1. The van der Waals surface area contributed by atoms with Gasteiger partial charge in [-0.15, -0.1) is 0 Å². The van der Waals surface area contributed by atoms with Crippen molar-refractivity contribution in [1.82, 2.24) is 0 Å². The van der Waals surface area contributed by atoms with Crippen LogP contribution >= 0.6 is 0 Å². The first-order valence-electron chi connectivity index (χ1n) is 5.66. The van der Waals surface area contributed by atoms with Crippen molar-refractivity contribution in [2.75, 3.05) is 6.26 Å². The van der Waals surface area contributed by atoms with Crippen LogP contribution in [0.5, 0.6) is 0 Å². The van der Waals surface area contributed by atoms with Gasteiger partial charge in [-0.1, -0.05) is 39.0 Å². The lowest BCUT2D eigenvalue weighted by atomic mass is 9.84. The van der Waals surface area contributed by atoms with Gasteiger partial charge in [0.2, 0.25) is 0 Å². The molecule has 2 N–H and O–H groups in total. The highest BCUT2D eigenvalue weighted by Gasteiger charge is 2.23. The van der Waals surface area contributed by atoms with Crippen LogP contribution in [0, 0.1) is 5.41 Å². The van der Waals surface area contributed by atoms with Crippen molar-refractivity contribution in [2.45, 2.75) is 38.1 Å². The van der Waals surface area contributed by atoms with Crippen molar-refractivity contribution in [3.63, 3.8) is 0 Å². The maximum absolute atomic E-state index is 11.6. The summed E-state index contributed by atoms with van der Waals surface area (Å²) in [6.07, 6.45) is 1.81. The van der Waals surface area contributed by atoms with Crippen LogP contribution in [-0.2, 0) is 16.3 Å². The molecule has 0 aliphatic carbocycles. The molecule has 0 saturated heterocycles. The van der Waals surface area contributed by atoms with Crippen molar-refractivity contribution < 1.29 is 8.42 Å². The first kappa shape index (κ1) is 14.2. The van der Waals surface area contributed by atoms with E-state index < -0.39 is 9.84 Å². The molecule has 0 heterocycles. The zero-order valence-electron chi connectivity index (χ0n) is 10.9.